The minimum atomic E-state index is -5.14. The minimum Gasteiger partial charge on any atom is -0.478 e. The highest BCUT2D eigenvalue weighted by Gasteiger charge is 2.39. The smallest absolute Gasteiger partial charge is 0.471 e. The third-order valence-electron chi connectivity index (χ3n) is 2.18. The average molecular weight is 291 g/mol. The van der Waals surface area contributed by atoms with Crippen LogP contribution in [0.15, 0.2) is 18.2 Å². The lowest BCUT2D eigenvalue weighted by molar-refractivity contribution is -0.167. The van der Waals surface area contributed by atoms with E-state index in [4.69, 9.17) is 5.11 Å². The number of methoxy groups -OCH3 is 1. The molecule has 9 heteroatoms. The molecule has 1 aromatic carbocycles. The number of carboxylic acid groups (broad SMARTS) is 1. The summed E-state index contributed by atoms with van der Waals surface area (Å²) in [6.07, 6.45) is -5.14. The van der Waals surface area contributed by atoms with Crippen LogP contribution in [-0.2, 0) is 9.53 Å². The van der Waals surface area contributed by atoms with Crippen LogP contribution in [0.3, 0.4) is 0 Å². The van der Waals surface area contributed by atoms with Gasteiger partial charge in [0.15, 0.2) is 0 Å². The molecule has 0 spiro atoms. The van der Waals surface area contributed by atoms with E-state index in [1.165, 1.54) is 5.32 Å². The second-order valence-corrected chi connectivity index (χ2v) is 3.51. The largest absolute Gasteiger partial charge is 0.478 e. The molecule has 0 atom stereocenters. The summed E-state index contributed by atoms with van der Waals surface area (Å²) < 4.78 is 40.7. The number of aromatic carboxylic acids is 1. The summed E-state index contributed by atoms with van der Waals surface area (Å²) in [5, 5.41) is 10.2. The number of anilines is 1. The Morgan fingerprint density at radius 1 is 1.25 bits per heavy atom. The lowest BCUT2D eigenvalue weighted by Gasteiger charge is -2.11. The first-order valence-corrected chi connectivity index (χ1v) is 5.00. The van der Waals surface area contributed by atoms with Gasteiger partial charge in [-0.1, -0.05) is 0 Å². The predicted molar refractivity (Wildman–Crippen MR) is 59.4 cm³/mol. The van der Waals surface area contributed by atoms with E-state index in [1.54, 1.807) is 0 Å². The van der Waals surface area contributed by atoms with Crippen molar-refractivity contribution < 1.29 is 37.4 Å². The second kappa shape index (κ2) is 5.59. The number of alkyl halides is 3. The fraction of sp³-hybridized carbons (Fsp3) is 0.182. The zero-order valence-electron chi connectivity index (χ0n) is 9.95. The number of hydrogen-bond acceptors (Lipinski definition) is 4. The predicted octanol–water partition coefficient (Wildman–Crippen LogP) is 1.67. The van der Waals surface area contributed by atoms with Gasteiger partial charge in [-0.05, 0) is 18.2 Å². The Kier molecular flexibility index (Phi) is 4.33. The molecule has 0 radical (unpaired) electrons. The molecule has 0 aliphatic carbocycles. The third kappa shape index (κ3) is 3.46. The molecule has 0 saturated heterocycles. The van der Waals surface area contributed by atoms with Gasteiger partial charge >= 0.3 is 24.0 Å². The summed E-state index contributed by atoms with van der Waals surface area (Å²) in [6.45, 7) is 0. The number of hydrogen-bond donors (Lipinski definition) is 2. The molecule has 0 heterocycles. The SMILES string of the molecule is COC(=O)c1cc(C(=O)O)ccc1NC(=O)C(F)(F)F. The maximum absolute atomic E-state index is 12.1. The van der Waals surface area contributed by atoms with Gasteiger partial charge in [-0.3, -0.25) is 4.79 Å². The maximum atomic E-state index is 12.1. The molecule has 0 aliphatic rings. The molecule has 0 aliphatic heterocycles. The van der Waals surface area contributed by atoms with E-state index < -0.39 is 35.3 Å². The van der Waals surface area contributed by atoms with Crippen LogP contribution < -0.4 is 5.32 Å². The van der Waals surface area contributed by atoms with Gasteiger partial charge in [-0.2, -0.15) is 13.2 Å². The Hall–Kier alpha value is -2.58. The summed E-state index contributed by atoms with van der Waals surface area (Å²) in [5.74, 6) is -4.75. The van der Waals surface area contributed by atoms with Crippen molar-refractivity contribution in [3.05, 3.63) is 29.3 Å². The highest BCUT2D eigenvalue weighted by molar-refractivity contribution is 6.04. The summed E-state index contributed by atoms with van der Waals surface area (Å²) in [4.78, 5) is 32.9. The van der Waals surface area contributed by atoms with Crippen LogP contribution >= 0.6 is 0 Å². The van der Waals surface area contributed by atoms with Crippen molar-refractivity contribution in [3.63, 3.8) is 0 Å². The lowest BCUT2D eigenvalue weighted by Crippen LogP contribution is -2.30. The van der Waals surface area contributed by atoms with Crippen molar-refractivity contribution in [2.75, 3.05) is 12.4 Å². The number of carboxylic acids is 1. The molecule has 0 unspecified atom stereocenters. The molecule has 1 rings (SSSR count). The number of amides is 1. The average Bonchev–Trinajstić information content (AvgIpc) is 2.36. The van der Waals surface area contributed by atoms with Crippen LogP contribution in [0.1, 0.15) is 20.7 Å². The summed E-state index contributed by atoms with van der Waals surface area (Å²) in [6, 6.07) is 2.63. The van der Waals surface area contributed by atoms with Crippen molar-refractivity contribution in [2.45, 2.75) is 6.18 Å². The van der Waals surface area contributed by atoms with Gasteiger partial charge in [0.25, 0.3) is 0 Å². The van der Waals surface area contributed by atoms with Gasteiger partial charge in [-0.15, -0.1) is 0 Å². The van der Waals surface area contributed by atoms with Crippen molar-refractivity contribution in [2.24, 2.45) is 0 Å². The Balaban J connectivity index is 3.22. The number of esters is 1. The Morgan fingerprint density at radius 2 is 1.85 bits per heavy atom. The summed E-state index contributed by atoms with van der Waals surface area (Å²) in [7, 11) is 0.963. The highest BCUT2D eigenvalue weighted by atomic mass is 19.4. The summed E-state index contributed by atoms with van der Waals surface area (Å²) >= 11 is 0. The quantitative estimate of drug-likeness (QED) is 0.826. The van der Waals surface area contributed by atoms with Crippen LogP contribution in [-0.4, -0.2) is 36.2 Å². The summed E-state index contributed by atoms with van der Waals surface area (Å²) in [5.41, 5.74) is -1.33. The van der Waals surface area contributed by atoms with Crippen molar-refractivity contribution in [1.29, 1.82) is 0 Å². The first-order valence-electron chi connectivity index (χ1n) is 5.00. The number of nitrogens with one attached hydrogen (secondary N) is 1. The molecule has 0 aromatic heterocycles. The van der Waals surface area contributed by atoms with Crippen molar-refractivity contribution in [3.8, 4) is 0 Å². The van der Waals surface area contributed by atoms with E-state index in [-0.39, 0.29) is 5.56 Å². The fourth-order valence-electron chi connectivity index (χ4n) is 1.26. The third-order valence-corrected chi connectivity index (χ3v) is 2.18. The van der Waals surface area contributed by atoms with Crippen molar-refractivity contribution in [1.82, 2.24) is 0 Å². The molecule has 1 aromatic rings. The Bertz CT molecular complexity index is 568. The Labute approximate surface area is 110 Å². The molecular weight excluding hydrogens is 283 g/mol. The zero-order chi connectivity index (χ0) is 15.5. The first-order chi connectivity index (χ1) is 9.16. The van der Waals surface area contributed by atoms with Gasteiger partial charge in [0.1, 0.15) is 0 Å². The molecule has 2 N–H and O–H groups in total. The molecule has 20 heavy (non-hydrogen) atoms. The topological polar surface area (TPSA) is 92.7 Å². The number of rotatable bonds is 3. The zero-order valence-corrected chi connectivity index (χ0v) is 9.95. The molecule has 0 bridgehead atoms. The molecule has 6 nitrogen and oxygen atoms in total. The van der Waals surface area contributed by atoms with Gasteiger partial charge in [-0.25, -0.2) is 9.59 Å². The minimum absolute atomic E-state index is 0.338. The van der Waals surface area contributed by atoms with Crippen LogP contribution in [0, 0.1) is 0 Å². The molecule has 0 saturated carbocycles. The van der Waals surface area contributed by atoms with E-state index in [9.17, 15) is 27.6 Å². The lowest BCUT2D eigenvalue weighted by atomic mass is 10.1. The van der Waals surface area contributed by atoms with Gasteiger partial charge in [0.2, 0.25) is 0 Å². The van der Waals surface area contributed by atoms with Gasteiger partial charge in [0.05, 0.1) is 23.9 Å². The van der Waals surface area contributed by atoms with Gasteiger partial charge < -0.3 is 15.2 Å². The van der Waals surface area contributed by atoms with Crippen LogP contribution in [0.2, 0.25) is 0 Å². The first kappa shape index (κ1) is 15.5. The standard InChI is InChI=1S/C11H8F3NO5/c1-20-9(18)6-4-5(8(16)17)2-3-7(6)15-10(19)11(12,13)14/h2-4H,1H3,(H,15,19)(H,16,17). The Morgan fingerprint density at radius 3 is 2.30 bits per heavy atom. The van der Waals surface area contributed by atoms with E-state index in [0.717, 1.165) is 25.3 Å². The normalized spacial score (nSPS) is 10.8. The van der Waals surface area contributed by atoms with E-state index in [1.807, 2.05) is 0 Å². The number of ether oxygens (including phenoxy) is 1. The van der Waals surface area contributed by atoms with E-state index in [0.29, 0.717) is 0 Å². The monoisotopic (exact) mass is 291 g/mol. The number of halogens is 3. The van der Waals surface area contributed by atoms with Crippen molar-refractivity contribution >= 4 is 23.5 Å². The maximum Gasteiger partial charge on any atom is 0.471 e. The molecule has 0 fully saturated rings. The number of carbonyl (C=O) groups excluding carboxylic acids is 2. The van der Waals surface area contributed by atoms with E-state index >= 15 is 0 Å². The van der Waals surface area contributed by atoms with Crippen LogP contribution in [0.4, 0.5) is 18.9 Å². The van der Waals surface area contributed by atoms with Gasteiger partial charge in [0, 0.05) is 0 Å². The second-order valence-electron chi connectivity index (χ2n) is 3.51. The highest BCUT2D eigenvalue weighted by Crippen LogP contribution is 2.22. The van der Waals surface area contributed by atoms with E-state index in [2.05, 4.69) is 4.74 Å². The fourth-order valence-corrected chi connectivity index (χ4v) is 1.26. The number of carbonyl (C=O) groups is 3. The molecular formula is C11H8F3NO5. The number of benzene rings is 1. The molecule has 1 amide bonds. The van der Waals surface area contributed by atoms with Crippen LogP contribution in [0.25, 0.3) is 0 Å². The van der Waals surface area contributed by atoms with Crippen LogP contribution in [0.5, 0.6) is 0 Å². The molecule has 108 valence electrons.